The van der Waals surface area contributed by atoms with E-state index >= 15 is 0 Å². The fraction of sp³-hybridized carbons (Fsp3) is 0.600. The van der Waals surface area contributed by atoms with Crippen LogP contribution in [-0.2, 0) is 29.1 Å². The summed E-state index contributed by atoms with van der Waals surface area (Å²) in [7, 11) is -2.62. The average molecular weight is 427 g/mol. The Hall–Kier alpha value is -1.97. The first-order valence-corrected chi connectivity index (χ1v) is 11.1. The zero-order chi connectivity index (χ0) is 21.8. The lowest BCUT2D eigenvalue weighted by Crippen LogP contribution is -2.57. The molecule has 1 fully saturated rings. The molecule has 1 aromatic rings. The standard InChI is InChI=1S/C20H30N2O6S/c1-13(2)10-17(21-29(25,26)16-8-6-14(3)7-9-16)19(23)22-11-15(4)28-18(12-22)20(24)27-5/h6-9,13,15,17-18,21H,10-12H2,1-5H3/t15-,17-,18-/m1/s1. The molecule has 162 valence electrons. The number of nitrogens with zero attached hydrogens (tertiary/aromatic N) is 1. The van der Waals surface area contributed by atoms with Gasteiger partial charge in [-0.2, -0.15) is 4.72 Å². The summed E-state index contributed by atoms with van der Waals surface area (Å²) in [6, 6.07) is 5.50. The molecule has 1 amide bonds. The van der Waals surface area contributed by atoms with Crippen LogP contribution in [0.15, 0.2) is 29.2 Å². The summed E-state index contributed by atoms with van der Waals surface area (Å²) in [6.45, 7) is 7.75. The van der Waals surface area contributed by atoms with Crippen LogP contribution in [0.2, 0.25) is 0 Å². The topological polar surface area (TPSA) is 102 Å². The SMILES string of the molecule is COC(=O)[C@H]1CN(C(=O)[C@@H](CC(C)C)NS(=O)(=O)c2ccc(C)cc2)C[C@@H](C)O1. The number of carbonyl (C=O) groups excluding carboxylic acids is 2. The minimum absolute atomic E-state index is 0.0245. The Morgan fingerprint density at radius 1 is 1.24 bits per heavy atom. The smallest absolute Gasteiger partial charge is 0.336 e. The first-order valence-electron chi connectivity index (χ1n) is 9.64. The van der Waals surface area contributed by atoms with E-state index in [-0.39, 0.29) is 35.9 Å². The number of methoxy groups -OCH3 is 1. The first-order chi connectivity index (χ1) is 13.5. The maximum absolute atomic E-state index is 13.2. The molecule has 2 rings (SSSR count). The Kier molecular flexibility index (Phi) is 7.79. The number of esters is 1. The van der Waals surface area contributed by atoms with Crippen LogP contribution in [0.5, 0.6) is 0 Å². The van der Waals surface area contributed by atoms with Crippen LogP contribution in [-0.4, -0.2) is 63.6 Å². The van der Waals surface area contributed by atoms with Gasteiger partial charge in [0.05, 0.1) is 24.7 Å². The molecule has 0 aromatic heterocycles. The van der Waals surface area contributed by atoms with Crippen molar-refractivity contribution in [3.8, 4) is 0 Å². The van der Waals surface area contributed by atoms with E-state index in [2.05, 4.69) is 4.72 Å². The minimum Gasteiger partial charge on any atom is -0.467 e. The van der Waals surface area contributed by atoms with Gasteiger partial charge < -0.3 is 14.4 Å². The molecule has 0 bridgehead atoms. The summed E-state index contributed by atoms with van der Waals surface area (Å²) in [5.41, 5.74) is 0.940. The third-order valence-electron chi connectivity index (χ3n) is 4.67. The van der Waals surface area contributed by atoms with Gasteiger partial charge in [0.2, 0.25) is 15.9 Å². The number of nitrogens with one attached hydrogen (secondary N) is 1. The molecule has 29 heavy (non-hydrogen) atoms. The van der Waals surface area contributed by atoms with Crippen molar-refractivity contribution in [3.05, 3.63) is 29.8 Å². The van der Waals surface area contributed by atoms with Crippen molar-refractivity contribution >= 4 is 21.9 Å². The van der Waals surface area contributed by atoms with Gasteiger partial charge in [-0.15, -0.1) is 0 Å². The maximum atomic E-state index is 13.2. The highest BCUT2D eigenvalue weighted by Crippen LogP contribution is 2.18. The molecule has 1 aliphatic rings. The summed E-state index contributed by atoms with van der Waals surface area (Å²) >= 11 is 0. The normalized spacial score (nSPS) is 21.1. The van der Waals surface area contributed by atoms with Crippen LogP contribution in [0.25, 0.3) is 0 Å². The molecule has 9 heteroatoms. The number of ether oxygens (including phenoxy) is 2. The summed E-state index contributed by atoms with van der Waals surface area (Å²) in [4.78, 5) is 26.6. The molecule has 0 aliphatic carbocycles. The quantitative estimate of drug-likeness (QED) is 0.663. The van der Waals surface area contributed by atoms with Gasteiger partial charge in [0.1, 0.15) is 6.04 Å². The summed E-state index contributed by atoms with van der Waals surface area (Å²) in [6.07, 6.45) is -0.926. The second kappa shape index (κ2) is 9.69. The molecule has 1 N–H and O–H groups in total. The van der Waals surface area contributed by atoms with Crippen LogP contribution in [0.1, 0.15) is 32.8 Å². The number of amides is 1. The number of rotatable bonds is 7. The van der Waals surface area contributed by atoms with E-state index in [4.69, 9.17) is 9.47 Å². The highest BCUT2D eigenvalue weighted by Gasteiger charge is 2.37. The molecule has 0 spiro atoms. The second-order valence-corrected chi connectivity index (χ2v) is 9.53. The van der Waals surface area contributed by atoms with Gasteiger partial charge in [-0.1, -0.05) is 31.5 Å². The van der Waals surface area contributed by atoms with Crippen molar-refractivity contribution in [2.75, 3.05) is 20.2 Å². The van der Waals surface area contributed by atoms with Crippen LogP contribution in [0.3, 0.4) is 0 Å². The molecule has 0 unspecified atom stereocenters. The van der Waals surface area contributed by atoms with Gasteiger partial charge in [-0.05, 0) is 38.3 Å². The molecule has 1 aromatic carbocycles. The monoisotopic (exact) mass is 426 g/mol. The zero-order valence-electron chi connectivity index (χ0n) is 17.5. The zero-order valence-corrected chi connectivity index (χ0v) is 18.4. The van der Waals surface area contributed by atoms with Crippen molar-refractivity contribution in [2.45, 2.75) is 57.3 Å². The molecule has 8 nitrogen and oxygen atoms in total. The van der Waals surface area contributed by atoms with Crippen molar-refractivity contribution in [2.24, 2.45) is 5.92 Å². The third kappa shape index (κ3) is 6.25. The van der Waals surface area contributed by atoms with Crippen LogP contribution >= 0.6 is 0 Å². The van der Waals surface area contributed by atoms with Gasteiger partial charge >= 0.3 is 5.97 Å². The summed E-state index contributed by atoms with van der Waals surface area (Å²) in [5, 5.41) is 0. The van der Waals surface area contributed by atoms with Crippen LogP contribution in [0, 0.1) is 12.8 Å². The number of morpholine rings is 1. The Labute approximate surface area is 172 Å². The maximum Gasteiger partial charge on any atom is 0.336 e. The van der Waals surface area contributed by atoms with Crippen molar-refractivity contribution in [1.29, 1.82) is 0 Å². The van der Waals surface area contributed by atoms with E-state index in [1.807, 2.05) is 20.8 Å². The van der Waals surface area contributed by atoms with Gasteiger partial charge in [0.25, 0.3) is 0 Å². The van der Waals surface area contributed by atoms with Gasteiger partial charge in [-0.3, -0.25) is 4.79 Å². The molecule has 1 aliphatic heterocycles. The highest BCUT2D eigenvalue weighted by atomic mass is 32.2. The molecule has 0 radical (unpaired) electrons. The number of benzene rings is 1. The lowest BCUT2D eigenvalue weighted by molar-refractivity contribution is -0.170. The van der Waals surface area contributed by atoms with Crippen molar-refractivity contribution in [3.63, 3.8) is 0 Å². The van der Waals surface area contributed by atoms with Crippen LogP contribution < -0.4 is 4.72 Å². The largest absolute Gasteiger partial charge is 0.467 e. The van der Waals surface area contributed by atoms with E-state index in [0.29, 0.717) is 6.42 Å². The predicted molar refractivity (Wildman–Crippen MR) is 108 cm³/mol. The lowest BCUT2D eigenvalue weighted by Gasteiger charge is -2.37. The molecular formula is C20H30N2O6S. The fourth-order valence-electron chi connectivity index (χ4n) is 3.26. The predicted octanol–water partition coefficient (Wildman–Crippen LogP) is 1.48. The van der Waals surface area contributed by atoms with Gasteiger partial charge in [0.15, 0.2) is 6.10 Å². The Balaban J connectivity index is 2.23. The summed E-state index contributed by atoms with van der Waals surface area (Å²) in [5.74, 6) is -0.854. The number of aryl methyl sites for hydroxylation is 1. The Morgan fingerprint density at radius 3 is 2.41 bits per heavy atom. The molecule has 0 saturated carbocycles. The summed E-state index contributed by atoms with van der Waals surface area (Å²) < 4.78 is 38.5. The fourth-order valence-corrected chi connectivity index (χ4v) is 4.46. The molecule has 3 atom stereocenters. The molecular weight excluding hydrogens is 396 g/mol. The third-order valence-corrected chi connectivity index (χ3v) is 6.16. The van der Waals surface area contributed by atoms with Crippen molar-refractivity contribution < 1.29 is 27.5 Å². The van der Waals surface area contributed by atoms with Crippen molar-refractivity contribution in [1.82, 2.24) is 9.62 Å². The Morgan fingerprint density at radius 2 is 1.86 bits per heavy atom. The average Bonchev–Trinajstić information content (AvgIpc) is 2.65. The number of carbonyl (C=O) groups is 2. The van der Waals surface area contributed by atoms with Gasteiger partial charge in [-0.25, -0.2) is 13.2 Å². The number of sulfonamides is 1. The van der Waals surface area contributed by atoms with E-state index < -0.39 is 28.1 Å². The molecule has 1 saturated heterocycles. The first kappa shape index (κ1) is 23.3. The van der Waals surface area contributed by atoms with Crippen LogP contribution in [0.4, 0.5) is 0 Å². The number of hydrogen-bond donors (Lipinski definition) is 1. The second-order valence-electron chi connectivity index (χ2n) is 7.82. The van der Waals surface area contributed by atoms with E-state index in [1.165, 1.54) is 24.1 Å². The lowest BCUT2D eigenvalue weighted by atomic mass is 10.0. The van der Waals surface area contributed by atoms with E-state index in [1.54, 1.807) is 19.1 Å². The van der Waals surface area contributed by atoms with Gasteiger partial charge in [0, 0.05) is 6.54 Å². The number of hydrogen-bond acceptors (Lipinski definition) is 6. The molecule has 1 heterocycles. The Bertz CT molecular complexity index is 822. The van der Waals surface area contributed by atoms with E-state index in [0.717, 1.165) is 5.56 Å². The minimum atomic E-state index is -3.87. The highest BCUT2D eigenvalue weighted by molar-refractivity contribution is 7.89. The van der Waals surface area contributed by atoms with E-state index in [9.17, 15) is 18.0 Å².